The van der Waals surface area contributed by atoms with Crippen molar-refractivity contribution in [2.75, 3.05) is 13.1 Å². The van der Waals surface area contributed by atoms with Gasteiger partial charge in [-0.15, -0.1) is 0 Å². The van der Waals surface area contributed by atoms with E-state index in [1.807, 2.05) is 12.1 Å². The molecule has 0 aromatic heterocycles. The minimum Gasteiger partial charge on any atom is -0.329 e. The van der Waals surface area contributed by atoms with Gasteiger partial charge in [0.1, 0.15) is 0 Å². The van der Waals surface area contributed by atoms with E-state index in [1.54, 1.807) is 0 Å². The van der Waals surface area contributed by atoms with Crippen LogP contribution in [0.3, 0.4) is 0 Å². The second-order valence-corrected chi connectivity index (χ2v) is 6.99. The first-order valence-corrected chi connectivity index (χ1v) is 8.05. The van der Waals surface area contributed by atoms with Crippen LogP contribution in [0.5, 0.6) is 0 Å². The molecule has 0 saturated carbocycles. The van der Waals surface area contributed by atoms with Crippen molar-refractivity contribution in [1.82, 2.24) is 4.90 Å². The molecule has 1 aliphatic heterocycles. The molecule has 2 N–H and O–H groups in total. The quantitative estimate of drug-likeness (QED) is 0.917. The Labute approximate surface area is 128 Å². The fraction of sp³-hybridized carbons (Fsp3) is 0.647. The van der Waals surface area contributed by atoms with Gasteiger partial charge in [0.25, 0.3) is 0 Å². The number of hydrogen-bond donors (Lipinski definition) is 1. The molecule has 0 radical (unpaired) electrons. The van der Waals surface area contributed by atoms with Crippen molar-refractivity contribution in [3.63, 3.8) is 0 Å². The summed E-state index contributed by atoms with van der Waals surface area (Å²) in [6.07, 6.45) is 3.60. The molecule has 0 spiro atoms. The molecule has 2 nitrogen and oxygen atoms in total. The van der Waals surface area contributed by atoms with Crippen molar-refractivity contribution in [2.45, 2.75) is 51.6 Å². The maximum absolute atomic E-state index is 6.16. The predicted molar refractivity (Wildman–Crippen MR) is 87.2 cm³/mol. The Kier molecular flexibility index (Phi) is 5.11. The third-order valence-electron chi connectivity index (χ3n) is 5.00. The van der Waals surface area contributed by atoms with Gasteiger partial charge in [-0.1, -0.05) is 30.7 Å². The van der Waals surface area contributed by atoms with Gasteiger partial charge < -0.3 is 5.73 Å². The lowest BCUT2D eigenvalue weighted by atomic mass is 9.83. The molecule has 3 unspecified atom stereocenters. The van der Waals surface area contributed by atoms with Gasteiger partial charge in [0, 0.05) is 23.1 Å². The van der Waals surface area contributed by atoms with Crippen LogP contribution in [0.25, 0.3) is 0 Å². The molecular formula is C17H27ClN2. The third-order valence-corrected chi connectivity index (χ3v) is 5.26. The molecule has 2 rings (SSSR count). The number of piperidine rings is 1. The van der Waals surface area contributed by atoms with Gasteiger partial charge in [0.2, 0.25) is 0 Å². The van der Waals surface area contributed by atoms with E-state index in [0.29, 0.717) is 12.6 Å². The van der Waals surface area contributed by atoms with E-state index in [-0.39, 0.29) is 5.54 Å². The largest absolute Gasteiger partial charge is 0.329 e. The highest BCUT2D eigenvalue weighted by atomic mass is 35.5. The lowest BCUT2D eigenvalue weighted by Crippen LogP contribution is -2.59. The van der Waals surface area contributed by atoms with Crippen LogP contribution in [0, 0.1) is 5.92 Å². The van der Waals surface area contributed by atoms with Crippen LogP contribution in [0.2, 0.25) is 5.02 Å². The first-order chi connectivity index (χ1) is 9.46. The van der Waals surface area contributed by atoms with Crippen LogP contribution in [-0.2, 0) is 6.42 Å². The second-order valence-electron chi connectivity index (χ2n) is 6.56. The van der Waals surface area contributed by atoms with Crippen LogP contribution >= 0.6 is 11.6 Å². The van der Waals surface area contributed by atoms with Crippen molar-refractivity contribution in [3.8, 4) is 0 Å². The normalized spacial score (nSPS) is 27.2. The molecule has 112 valence electrons. The van der Waals surface area contributed by atoms with Crippen LogP contribution in [-0.4, -0.2) is 29.6 Å². The number of nitrogens with two attached hydrogens (primary N) is 1. The van der Waals surface area contributed by atoms with E-state index in [1.165, 1.54) is 18.4 Å². The lowest BCUT2D eigenvalue weighted by Gasteiger charge is -2.49. The molecule has 0 bridgehead atoms. The Morgan fingerprint density at radius 1 is 1.30 bits per heavy atom. The maximum atomic E-state index is 6.16. The Morgan fingerprint density at radius 2 is 1.95 bits per heavy atom. The minimum atomic E-state index is 0.0297. The van der Waals surface area contributed by atoms with E-state index < -0.39 is 0 Å². The zero-order chi connectivity index (χ0) is 14.8. The lowest BCUT2D eigenvalue weighted by molar-refractivity contribution is 0.0147. The summed E-state index contributed by atoms with van der Waals surface area (Å²) < 4.78 is 0. The van der Waals surface area contributed by atoms with Crippen molar-refractivity contribution < 1.29 is 0 Å². The second kappa shape index (κ2) is 6.46. The van der Waals surface area contributed by atoms with Gasteiger partial charge in [-0.2, -0.15) is 0 Å². The summed E-state index contributed by atoms with van der Waals surface area (Å²) in [5.41, 5.74) is 7.50. The fourth-order valence-corrected chi connectivity index (χ4v) is 3.56. The number of halogens is 1. The van der Waals surface area contributed by atoms with Crippen LogP contribution in [0.4, 0.5) is 0 Å². The van der Waals surface area contributed by atoms with E-state index in [2.05, 4.69) is 37.8 Å². The Bertz CT molecular complexity index is 431. The van der Waals surface area contributed by atoms with Gasteiger partial charge >= 0.3 is 0 Å². The highest BCUT2D eigenvalue weighted by Crippen LogP contribution is 2.31. The monoisotopic (exact) mass is 294 g/mol. The Hall–Kier alpha value is -0.570. The molecule has 3 heteroatoms. The number of hydrogen-bond acceptors (Lipinski definition) is 2. The van der Waals surface area contributed by atoms with E-state index in [9.17, 15) is 0 Å². The predicted octanol–water partition coefficient (Wildman–Crippen LogP) is 3.72. The first kappa shape index (κ1) is 15.8. The Balaban J connectivity index is 2.17. The zero-order valence-electron chi connectivity index (χ0n) is 12.9. The molecule has 1 heterocycles. The van der Waals surface area contributed by atoms with Gasteiger partial charge in [0.15, 0.2) is 0 Å². The minimum absolute atomic E-state index is 0.0297. The molecule has 0 aliphatic carbocycles. The van der Waals surface area contributed by atoms with Gasteiger partial charge in [-0.05, 0) is 63.3 Å². The van der Waals surface area contributed by atoms with Crippen LogP contribution in [0.1, 0.15) is 39.2 Å². The number of rotatable bonds is 4. The van der Waals surface area contributed by atoms with E-state index >= 15 is 0 Å². The van der Waals surface area contributed by atoms with Gasteiger partial charge in [-0.3, -0.25) is 4.90 Å². The summed E-state index contributed by atoms with van der Waals surface area (Å²) in [6.45, 7) is 8.85. The van der Waals surface area contributed by atoms with Crippen LogP contribution in [0.15, 0.2) is 24.3 Å². The summed E-state index contributed by atoms with van der Waals surface area (Å²) in [7, 11) is 0. The topological polar surface area (TPSA) is 29.3 Å². The smallest absolute Gasteiger partial charge is 0.0406 e. The first-order valence-electron chi connectivity index (χ1n) is 7.67. The molecule has 1 fully saturated rings. The maximum Gasteiger partial charge on any atom is 0.0406 e. The molecular weight excluding hydrogens is 268 g/mol. The molecule has 1 saturated heterocycles. The van der Waals surface area contributed by atoms with E-state index in [0.717, 1.165) is 23.9 Å². The van der Waals surface area contributed by atoms with Crippen molar-refractivity contribution in [2.24, 2.45) is 11.7 Å². The molecule has 1 aromatic rings. The van der Waals surface area contributed by atoms with Gasteiger partial charge in [-0.25, -0.2) is 0 Å². The van der Waals surface area contributed by atoms with Crippen molar-refractivity contribution in [3.05, 3.63) is 34.9 Å². The highest BCUT2D eigenvalue weighted by Gasteiger charge is 2.37. The van der Waals surface area contributed by atoms with Gasteiger partial charge in [0.05, 0.1) is 0 Å². The molecule has 1 aromatic carbocycles. The SMILES string of the molecule is CC1CCCN(C(C)(CN)Cc2ccc(Cl)cc2)C1C. The summed E-state index contributed by atoms with van der Waals surface area (Å²) >= 11 is 5.97. The standard InChI is InChI=1S/C17H27ClN2/c1-13-5-4-10-20(14(13)2)17(3,12-19)11-15-6-8-16(18)9-7-15/h6-9,13-14H,4-5,10-12,19H2,1-3H3. The zero-order valence-corrected chi connectivity index (χ0v) is 13.7. The summed E-state index contributed by atoms with van der Waals surface area (Å²) in [5, 5.41) is 0.795. The summed E-state index contributed by atoms with van der Waals surface area (Å²) in [4.78, 5) is 2.62. The molecule has 20 heavy (non-hydrogen) atoms. The average Bonchev–Trinajstić information content (AvgIpc) is 2.44. The molecule has 0 amide bonds. The fourth-order valence-electron chi connectivity index (χ4n) is 3.43. The van der Waals surface area contributed by atoms with Crippen molar-refractivity contribution >= 4 is 11.6 Å². The highest BCUT2D eigenvalue weighted by molar-refractivity contribution is 6.30. The van der Waals surface area contributed by atoms with Crippen molar-refractivity contribution in [1.29, 1.82) is 0 Å². The summed E-state index contributed by atoms with van der Waals surface area (Å²) in [6, 6.07) is 8.78. The Morgan fingerprint density at radius 3 is 2.55 bits per heavy atom. The molecule has 1 aliphatic rings. The average molecular weight is 295 g/mol. The van der Waals surface area contributed by atoms with Crippen LogP contribution < -0.4 is 5.73 Å². The third kappa shape index (κ3) is 3.36. The number of nitrogens with zero attached hydrogens (tertiary/aromatic N) is 1. The number of likely N-dealkylation sites (tertiary alicyclic amines) is 1. The molecule has 3 atom stereocenters. The summed E-state index contributed by atoms with van der Waals surface area (Å²) in [5.74, 6) is 0.750. The number of benzene rings is 1. The van der Waals surface area contributed by atoms with E-state index in [4.69, 9.17) is 17.3 Å².